The summed E-state index contributed by atoms with van der Waals surface area (Å²) in [5, 5.41) is 6.68. The van der Waals surface area contributed by atoms with Gasteiger partial charge in [0.25, 0.3) is 21.8 Å². The molecule has 3 aromatic rings. The normalized spacial score (nSPS) is 12.7. The molecular formula is C29H31FN4O7S. The van der Waals surface area contributed by atoms with E-state index in [0.717, 1.165) is 16.4 Å². The van der Waals surface area contributed by atoms with Crippen LogP contribution >= 0.6 is 0 Å². The van der Waals surface area contributed by atoms with Crippen molar-refractivity contribution >= 4 is 33.7 Å². The molecule has 0 fully saturated rings. The standard InChI is InChI=1S/C29H31FN4O7S/c1-20(2)16-31-29(36)19-41-24-9-3-21(4-10-24)17-32-33-28(35)18-34(23-7-5-22(30)6-8-23)42(37,38)25-11-12-26-27(15-25)40-14-13-39-26/h3-12,15,17,20H,13-14,16,18-19H2,1-2H3,(H,31,36)(H,33,35)/b32-17-. The van der Waals surface area contributed by atoms with Gasteiger partial charge in [0.05, 0.1) is 16.8 Å². The number of carbonyl (C=O) groups excluding carboxylic acids is 2. The summed E-state index contributed by atoms with van der Waals surface area (Å²) in [6, 6.07) is 15.5. The first-order valence-corrected chi connectivity index (χ1v) is 14.6. The zero-order valence-corrected chi connectivity index (χ0v) is 23.9. The van der Waals surface area contributed by atoms with Crippen molar-refractivity contribution in [3.8, 4) is 17.2 Å². The molecule has 11 nitrogen and oxygen atoms in total. The van der Waals surface area contributed by atoms with Gasteiger partial charge in [-0.3, -0.25) is 13.9 Å². The van der Waals surface area contributed by atoms with Gasteiger partial charge in [-0.25, -0.2) is 18.2 Å². The van der Waals surface area contributed by atoms with Crippen molar-refractivity contribution in [3.05, 3.63) is 78.1 Å². The number of benzene rings is 3. The van der Waals surface area contributed by atoms with Gasteiger partial charge in [-0.05, 0) is 72.1 Å². The highest BCUT2D eigenvalue weighted by atomic mass is 32.2. The Kier molecular flexibility index (Phi) is 9.97. The topological polar surface area (TPSA) is 136 Å². The number of rotatable bonds is 12. The average molecular weight is 599 g/mol. The Labute approximate surface area is 243 Å². The molecule has 0 atom stereocenters. The minimum absolute atomic E-state index is 0.0823. The van der Waals surface area contributed by atoms with E-state index in [4.69, 9.17) is 14.2 Å². The van der Waals surface area contributed by atoms with Gasteiger partial charge in [0.2, 0.25) is 0 Å². The zero-order chi connectivity index (χ0) is 30.1. The fourth-order valence-electron chi connectivity index (χ4n) is 3.75. The van der Waals surface area contributed by atoms with Crippen LogP contribution in [0.25, 0.3) is 0 Å². The van der Waals surface area contributed by atoms with E-state index in [9.17, 15) is 22.4 Å². The van der Waals surface area contributed by atoms with Crippen LogP contribution < -0.4 is 29.3 Å². The summed E-state index contributed by atoms with van der Waals surface area (Å²) in [6.45, 7) is 4.42. The van der Waals surface area contributed by atoms with Crippen molar-refractivity contribution in [2.45, 2.75) is 18.7 Å². The maximum Gasteiger partial charge on any atom is 0.264 e. The Balaban J connectivity index is 1.40. The zero-order valence-electron chi connectivity index (χ0n) is 23.1. The first kappa shape index (κ1) is 30.3. The van der Waals surface area contributed by atoms with Gasteiger partial charge in [0.1, 0.15) is 31.3 Å². The summed E-state index contributed by atoms with van der Waals surface area (Å²) < 4.78 is 58.1. The maximum absolute atomic E-state index is 13.6. The third-order valence-corrected chi connectivity index (χ3v) is 7.63. The van der Waals surface area contributed by atoms with Crippen molar-refractivity contribution in [2.24, 2.45) is 11.0 Å². The van der Waals surface area contributed by atoms with E-state index >= 15 is 0 Å². The number of nitrogens with zero attached hydrogens (tertiary/aromatic N) is 2. The quantitative estimate of drug-likeness (QED) is 0.242. The Morgan fingerprint density at radius 2 is 1.69 bits per heavy atom. The molecule has 1 aliphatic rings. The third kappa shape index (κ3) is 8.19. The maximum atomic E-state index is 13.6. The first-order valence-electron chi connectivity index (χ1n) is 13.1. The van der Waals surface area contributed by atoms with Crippen LogP contribution in [0.15, 0.2) is 76.7 Å². The molecule has 222 valence electrons. The van der Waals surface area contributed by atoms with Gasteiger partial charge in [0.15, 0.2) is 18.1 Å². The largest absolute Gasteiger partial charge is 0.486 e. The Bertz CT molecular complexity index is 1530. The molecule has 0 aromatic heterocycles. The van der Waals surface area contributed by atoms with Crippen molar-refractivity contribution < 1.29 is 36.6 Å². The van der Waals surface area contributed by atoms with Gasteiger partial charge >= 0.3 is 0 Å². The highest BCUT2D eigenvalue weighted by Crippen LogP contribution is 2.34. The van der Waals surface area contributed by atoms with Crippen LogP contribution in [-0.4, -0.2) is 59.4 Å². The van der Waals surface area contributed by atoms with Crippen molar-refractivity contribution in [1.29, 1.82) is 0 Å². The number of sulfonamides is 1. The van der Waals surface area contributed by atoms with Crippen LogP contribution in [0, 0.1) is 11.7 Å². The molecule has 1 aliphatic heterocycles. The van der Waals surface area contributed by atoms with Crippen LogP contribution in [0.3, 0.4) is 0 Å². The van der Waals surface area contributed by atoms with E-state index in [1.165, 1.54) is 36.5 Å². The predicted molar refractivity (Wildman–Crippen MR) is 154 cm³/mol. The fourth-order valence-corrected chi connectivity index (χ4v) is 5.18. The van der Waals surface area contributed by atoms with Crippen molar-refractivity contribution in [2.75, 3.05) is 37.2 Å². The lowest BCUT2D eigenvalue weighted by Crippen LogP contribution is -2.39. The second-order valence-electron chi connectivity index (χ2n) is 9.64. The summed E-state index contributed by atoms with van der Waals surface area (Å²) in [7, 11) is -4.28. The molecular weight excluding hydrogens is 567 g/mol. The molecule has 13 heteroatoms. The predicted octanol–water partition coefficient (Wildman–Crippen LogP) is 3.09. The highest BCUT2D eigenvalue weighted by Gasteiger charge is 2.29. The van der Waals surface area contributed by atoms with Gasteiger partial charge in [0, 0.05) is 12.6 Å². The number of hydrazone groups is 1. The number of hydrogen-bond donors (Lipinski definition) is 2. The smallest absolute Gasteiger partial charge is 0.264 e. The molecule has 0 saturated heterocycles. The van der Waals surface area contributed by atoms with Crippen LogP contribution in [0.1, 0.15) is 19.4 Å². The highest BCUT2D eigenvalue weighted by molar-refractivity contribution is 7.92. The molecule has 0 saturated carbocycles. The van der Waals surface area contributed by atoms with E-state index in [2.05, 4.69) is 15.8 Å². The summed E-state index contributed by atoms with van der Waals surface area (Å²) in [6.07, 6.45) is 1.37. The molecule has 3 aromatic carbocycles. The van der Waals surface area contributed by atoms with Crippen LogP contribution in [-0.2, 0) is 19.6 Å². The molecule has 2 amide bonds. The van der Waals surface area contributed by atoms with Crippen LogP contribution in [0.4, 0.5) is 10.1 Å². The van der Waals surface area contributed by atoms with E-state index in [0.29, 0.717) is 36.1 Å². The van der Waals surface area contributed by atoms with Gasteiger partial charge in [-0.15, -0.1) is 0 Å². The Morgan fingerprint density at radius 1 is 1.00 bits per heavy atom. The summed E-state index contributed by atoms with van der Waals surface area (Å²) in [4.78, 5) is 24.5. The van der Waals surface area contributed by atoms with Gasteiger partial charge < -0.3 is 19.5 Å². The van der Waals surface area contributed by atoms with Crippen molar-refractivity contribution in [3.63, 3.8) is 0 Å². The minimum atomic E-state index is -4.28. The van der Waals surface area contributed by atoms with Crippen molar-refractivity contribution in [1.82, 2.24) is 10.7 Å². The Hall–Kier alpha value is -4.65. The second-order valence-corrected chi connectivity index (χ2v) is 11.5. The number of hydrogen-bond acceptors (Lipinski definition) is 8. The number of nitrogens with one attached hydrogen (secondary N) is 2. The monoisotopic (exact) mass is 598 g/mol. The lowest BCUT2D eigenvalue weighted by atomic mass is 10.2. The summed E-state index contributed by atoms with van der Waals surface area (Å²) in [5.74, 6) is -0.0195. The van der Waals surface area contributed by atoms with Crippen LogP contribution in [0.5, 0.6) is 17.2 Å². The summed E-state index contributed by atoms with van der Waals surface area (Å²) in [5.41, 5.74) is 3.01. The Morgan fingerprint density at radius 3 is 2.38 bits per heavy atom. The fraction of sp³-hybridized carbons (Fsp3) is 0.276. The molecule has 0 radical (unpaired) electrons. The summed E-state index contributed by atoms with van der Waals surface area (Å²) >= 11 is 0. The number of halogens is 1. The van der Waals surface area contributed by atoms with E-state index < -0.39 is 28.3 Å². The number of carbonyl (C=O) groups is 2. The first-order chi connectivity index (χ1) is 20.1. The third-order valence-electron chi connectivity index (χ3n) is 5.86. The molecule has 0 spiro atoms. The van der Waals surface area contributed by atoms with E-state index in [-0.39, 0.29) is 35.5 Å². The molecule has 1 heterocycles. The molecule has 0 aliphatic carbocycles. The second kappa shape index (κ2) is 13.8. The lowest BCUT2D eigenvalue weighted by molar-refractivity contribution is -0.123. The molecule has 0 unspecified atom stereocenters. The van der Waals surface area contributed by atoms with Gasteiger partial charge in [-0.2, -0.15) is 5.10 Å². The molecule has 4 rings (SSSR count). The van der Waals surface area contributed by atoms with Gasteiger partial charge in [-0.1, -0.05) is 13.8 Å². The van der Waals surface area contributed by atoms with Crippen LogP contribution in [0.2, 0.25) is 0 Å². The average Bonchev–Trinajstić information content (AvgIpc) is 2.98. The molecule has 2 N–H and O–H groups in total. The molecule has 0 bridgehead atoms. The number of anilines is 1. The SMILES string of the molecule is CC(C)CNC(=O)COc1ccc(/C=N\NC(=O)CN(c2ccc(F)cc2)S(=O)(=O)c2ccc3c(c2)OCCO3)cc1. The van der Waals surface area contributed by atoms with E-state index in [1.54, 1.807) is 24.3 Å². The number of amides is 2. The number of fused-ring (bicyclic) bond motifs is 1. The minimum Gasteiger partial charge on any atom is -0.486 e. The number of ether oxygens (including phenoxy) is 3. The van der Waals surface area contributed by atoms with E-state index in [1.807, 2.05) is 13.8 Å². The molecule has 42 heavy (non-hydrogen) atoms. The lowest BCUT2D eigenvalue weighted by Gasteiger charge is -2.25.